The fourth-order valence-corrected chi connectivity index (χ4v) is 3.52. The smallest absolute Gasteiger partial charge is 0.221 e. The minimum absolute atomic E-state index is 0.111. The van der Waals surface area contributed by atoms with Gasteiger partial charge in [0.2, 0.25) is 5.91 Å². The van der Waals surface area contributed by atoms with E-state index in [1.165, 1.54) is 5.56 Å². The molecule has 108 valence electrons. The van der Waals surface area contributed by atoms with E-state index in [9.17, 15) is 4.79 Å². The lowest BCUT2D eigenvalue weighted by molar-refractivity contribution is -0.123. The van der Waals surface area contributed by atoms with Gasteiger partial charge in [-0.25, -0.2) is 0 Å². The first-order chi connectivity index (χ1) is 9.59. The topological polar surface area (TPSA) is 55.1 Å². The second-order valence-electron chi connectivity index (χ2n) is 6.20. The Bertz CT molecular complexity index is 496. The van der Waals surface area contributed by atoms with Gasteiger partial charge in [0.25, 0.3) is 0 Å². The molecule has 1 amide bonds. The van der Waals surface area contributed by atoms with Crippen molar-refractivity contribution in [3.05, 3.63) is 34.3 Å². The number of hydrogen-bond donors (Lipinski definition) is 2. The first-order valence-corrected chi connectivity index (χ1v) is 8.21. The second kappa shape index (κ2) is 5.49. The molecule has 2 aliphatic rings. The fourth-order valence-electron chi connectivity index (χ4n) is 3.25. The van der Waals surface area contributed by atoms with Crippen LogP contribution in [0.3, 0.4) is 0 Å². The van der Waals surface area contributed by atoms with Crippen LogP contribution in [0.25, 0.3) is 0 Å². The number of carbonyl (C=O) groups excluding carboxylic acids is 1. The Morgan fingerprint density at radius 1 is 1.30 bits per heavy atom. The SMILES string of the molecule is N[C@@H]1CCC[C@H]1CC(=O)NC1(c2ccc(Br)cc2)CC1. The van der Waals surface area contributed by atoms with Crippen LogP contribution in [0.4, 0.5) is 0 Å². The zero-order valence-electron chi connectivity index (χ0n) is 11.6. The van der Waals surface area contributed by atoms with E-state index in [2.05, 4.69) is 33.4 Å². The Kier molecular flexibility index (Phi) is 3.87. The van der Waals surface area contributed by atoms with Crippen molar-refractivity contribution in [1.82, 2.24) is 5.32 Å². The zero-order chi connectivity index (χ0) is 14.2. The van der Waals surface area contributed by atoms with Crippen molar-refractivity contribution in [2.24, 2.45) is 11.7 Å². The third-order valence-electron chi connectivity index (χ3n) is 4.69. The Labute approximate surface area is 128 Å². The van der Waals surface area contributed by atoms with Crippen molar-refractivity contribution in [2.75, 3.05) is 0 Å². The van der Waals surface area contributed by atoms with Gasteiger partial charge in [0.05, 0.1) is 5.54 Å². The highest BCUT2D eigenvalue weighted by atomic mass is 79.9. The summed E-state index contributed by atoms with van der Waals surface area (Å²) in [6.45, 7) is 0. The number of halogens is 1. The minimum atomic E-state index is -0.111. The monoisotopic (exact) mass is 336 g/mol. The molecule has 4 heteroatoms. The van der Waals surface area contributed by atoms with Crippen molar-refractivity contribution >= 4 is 21.8 Å². The molecule has 3 nitrogen and oxygen atoms in total. The maximum absolute atomic E-state index is 12.3. The van der Waals surface area contributed by atoms with E-state index in [1.54, 1.807) is 0 Å². The molecule has 0 aliphatic heterocycles. The molecule has 0 aromatic heterocycles. The number of hydrogen-bond acceptors (Lipinski definition) is 2. The van der Waals surface area contributed by atoms with Gasteiger partial charge < -0.3 is 11.1 Å². The summed E-state index contributed by atoms with van der Waals surface area (Å²) >= 11 is 3.45. The molecule has 1 aromatic rings. The van der Waals surface area contributed by atoms with Crippen LogP contribution in [0.1, 0.15) is 44.1 Å². The maximum Gasteiger partial charge on any atom is 0.221 e. The Morgan fingerprint density at radius 2 is 2.00 bits per heavy atom. The highest BCUT2D eigenvalue weighted by Gasteiger charge is 2.45. The van der Waals surface area contributed by atoms with Gasteiger partial charge in [0.1, 0.15) is 0 Å². The van der Waals surface area contributed by atoms with Crippen molar-refractivity contribution < 1.29 is 4.79 Å². The van der Waals surface area contributed by atoms with Crippen molar-refractivity contribution in [1.29, 1.82) is 0 Å². The van der Waals surface area contributed by atoms with Crippen LogP contribution in [0.5, 0.6) is 0 Å². The second-order valence-corrected chi connectivity index (χ2v) is 7.11. The molecule has 3 rings (SSSR count). The average molecular weight is 337 g/mol. The van der Waals surface area contributed by atoms with Crippen LogP contribution in [0, 0.1) is 5.92 Å². The molecule has 0 bridgehead atoms. The van der Waals surface area contributed by atoms with E-state index in [0.717, 1.165) is 36.6 Å². The summed E-state index contributed by atoms with van der Waals surface area (Å²) in [5, 5.41) is 3.24. The number of nitrogens with two attached hydrogens (primary N) is 1. The first-order valence-electron chi connectivity index (χ1n) is 7.42. The standard InChI is InChI=1S/C16H21BrN2O/c17-13-6-4-12(5-7-13)16(8-9-16)19-15(20)10-11-2-1-3-14(11)18/h4-7,11,14H,1-3,8-10,18H2,(H,19,20)/t11-,14+/m0/s1. The van der Waals surface area contributed by atoms with E-state index < -0.39 is 0 Å². The molecule has 0 saturated heterocycles. The molecule has 0 unspecified atom stereocenters. The average Bonchev–Trinajstić information content (AvgIpc) is 3.08. The Morgan fingerprint density at radius 3 is 2.55 bits per heavy atom. The third kappa shape index (κ3) is 2.91. The summed E-state index contributed by atoms with van der Waals surface area (Å²) in [4.78, 5) is 12.3. The molecule has 0 radical (unpaired) electrons. The zero-order valence-corrected chi connectivity index (χ0v) is 13.2. The lowest BCUT2D eigenvalue weighted by Gasteiger charge is -2.21. The van der Waals surface area contributed by atoms with Crippen LogP contribution in [-0.4, -0.2) is 11.9 Å². The summed E-state index contributed by atoms with van der Waals surface area (Å²) < 4.78 is 1.07. The fraction of sp³-hybridized carbons (Fsp3) is 0.562. The van der Waals surface area contributed by atoms with E-state index in [1.807, 2.05) is 12.1 Å². The molecular weight excluding hydrogens is 316 g/mol. The molecule has 20 heavy (non-hydrogen) atoms. The van der Waals surface area contributed by atoms with E-state index >= 15 is 0 Å². The maximum atomic E-state index is 12.3. The van der Waals surface area contributed by atoms with Crippen molar-refractivity contribution in [3.63, 3.8) is 0 Å². The van der Waals surface area contributed by atoms with Crippen molar-refractivity contribution in [2.45, 2.75) is 50.1 Å². The Hall–Kier alpha value is -0.870. The van der Waals surface area contributed by atoms with Gasteiger partial charge in [-0.1, -0.05) is 34.5 Å². The van der Waals surface area contributed by atoms with Gasteiger partial charge in [-0.2, -0.15) is 0 Å². The summed E-state index contributed by atoms with van der Waals surface area (Å²) in [5.74, 6) is 0.531. The molecule has 0 heterocycles. The molecule has 3 N–H and O–H groups in total. The summed E-state index contributed by atoms with van der Waals surface area (Å²) in [7, 11) is 0. The highest BCUT2D eigenvalue weighted by Crippen LogP contribution is 2.46. The lowest BCUT2D eigenvalue weighted by atomic mass is 9.98. The predicted molar refractivity (Wildman–Crippen MR) is 83.1 cm³/mol. The van der Waals surface area contributed by atoms with Crippen LogP contribution < -0.4 is 11.1 Å². The van der Waals surface area contributed by atoms with Gasteiger partial charge in [-0.3, -0.25) is 4.79 Å². The van der Waals surface area contributed by atoms with Gasteiger partial charge in [-0.05, 0) is 49.3 Å². The molecular formula is C16H21BrN2O. The van der Waals surface area contributed by atoms with Gasteiger partial charge >= 0.3 is 0 Å². The van der Waals surface area contributed by atoms with Crippen LogP contribution >= 0.6 is 15.9 Å². The molecule has 2 aliphatic carbocycles. The van der Waals surface area contributed by atoms with E-state index in [0.29, 0.717) is 12.3 Å². The first kappa shape index (κ1) is 14.1. The number of carbonyl (C=O) groups is 1. The third-order valence-corrected chi connectivity index (χ3v) is 5.22. The van der Waals surface area contributed by atoms with Crippen LogP contribution in [-0.2, 0) is 10.3 Å². The van der Waals surface area contributed by atoms with Crippen molar-refractivity contribution in [3.8, 4) is 0 Å². The summed E-state index contributed by atoms with van der Waals surface area (Å²) in [6, 6.07) is 8.48. The highest BCUT2D eigenvalue weighted by molar-refractivity contribution is 9.10. The number of rotatable bonds is 4. The summed E-state index contributed by atoms with van der Waals surface area (Å²) in [5.41, 5.74) is 7.15. The minimum Gasteiger partial charge on any atom is -0.347 e. The van der Waals surface area contributed by atoms with E-state index in [-0.39, 0.29) is 17.5 Å². The number of benzene rings is 1. The molecule has 2 atom stereocenters. The van der Waals surface area contributed by atoms with Gasteiger partial charge in [-0.15, -0.1) is 0 Å². The molecule has 2 fully saturated rings. The van der Waals surface area contributed by atoms with Gasteiger partial charge in [0.15, 0.2) is 0 Å². The number of amides is 1. The molecule has 1 aromatic carbocycles. The normalized spacial score (nSPS) is 27.3. The lowest BCUT2D eigenvalue weighted by Crippen LogP contribution is -2.37. The van der Waals surface area contributed by atoms with Crippen LogP contribution in [0.15, 0.2) is 28.7 Å². The molecule has 2 saturated carbocycles. The van der Waals surface area contributed by atoms with Gasteiger partial charge in [0, 0.05) is 16.9 Å². The molecule has 0 spiro atoms. The largest absolute Gasteiger partial charge is 0.347 e. The Balaban J connectivity index is 1.62. The predicted octanol–water partition coefficient (Wildman–Crippen LogP) is 3.07. The van der Waals surface area contributed by atoms with E-state index in [4.69, 9.17) is 5.73 Å². The van der Waals surface area contributed by atoms with Crippen LogP contribution in [0.2, 0.25) is 0 Å². The number of nitrogens with one attached hydrogen (secondary N) is 1. The quantitative estimate of drug-likeness (QED) is 0.887. The summed E-state index contributed by atoms with van der Waals surface area (Å²) in [6.07, 6.45) is 5.99.